The first-order chi connectivity index (χ1) is 12.5. The van der Waals surface area contributed by atoms with Gasteiger partial charge in [-0.15, -0.1) is 0 Å². The van der Waals surface area contributed by atoms with Gasteiger partial charge in [0.25, 0.3) is 0 Å². The molecule has 3 rings (SSSR count). The fourth-order valence-electron chi connectivity index (χ4n) is 2.92. The van der Waals surface area contributed by atoms with E-state index in [1.165, 1.54) is 4.68 Å². The van der Waals surface area contributed by atoms with Crippen molar-refractivity contribution < 1.29 is 19.4 Å². The molecule has 0 radical (unpaired) electrons. The minimum atomic E-state index is -0.288. The SMILES string of the molecule is Cc1cc(N)n(CC(=O)N[C@@H]2CCOC[C@H]2Oc2ccc(CO)cc2)n1. The number of nitrogen functional groups attached to an aromatic ring is 1. The Labute approximate surface area is 151 Å². The van der Waals surface area contributed by atoms with Crippen LogP contribution in [0.4, 0.5) is 5.82 Å². The average Bonchev–Trinajstić information content (AvgIpc) is 2.94. The summed E-state index contributed by atoms with van der Waals surface area (Å²) in [7, 11) is 0. The summed E-state index contributed by atoms with van der Waals surface area (Å²) < 4.78 is 13.0. The minimum Gasteiger partial charge on any atom is -0.486 e. The number of aliphatic hydroxyl groups is 1. The second-order valence-electron chi connectivity index (χ2n) is 6.36. The summed E-state index contributed by atoms with van der Waals surface area (Å²) in [6.45, 7) is 2.85. The number of nitrogens with zero attached hydrogens (tertiary/aromatic N) is 2. The van der Waals surface area contributed by atoms with Crippen molar-refractivity contribution in [1.29, 1.82) is 0 Å². The van der Waals surface area contributed by atoms with Crippen molar-refractivity contribution in [3.63, 3.8) is 0 Å². The number of rotatable bonds is 6. The predicted molar refractivity (Wildman–Crippen MR) is 95.5 cm³/mol. The zero-order valence-corrected chi connectivity index (χ0v) is 14.7. The highest BCUT2D eigenvalue weighted by molar-refractivity contribution is 5.76. The summed E-state index contributed by atoms with van der Waals surface area (Å²) in [6.07, 6.45) is 0.378. The molecule has 0 saturated carbocycles. The Morgan fingerprint density at radius 3 is 2.88 bits per heavy atom. The number of nitrogens with one attached hydrogen (secondary N) is 1. The normalized spacial score (nSPS) is 19.9. The van der Waals surface area contributed by atoms with E-state index in [1.54, 1.807) is 30.3 Å². The third-order valence-electron chi connectivity index (χ3n) is 4.27. The van der Waals surface area contributed by atoms with E-state index in [-0.39, 0.29) is 31.2 Å². The molecule has 4 N–H and O–H groups in total. The highest BCUT2D eigenvalue weighted by Crippen LogP contribution is 2.19. The molecule has 0 aliphatic carbocycles. The molecule has 1 saturated heterocycles. The number of anilines is 1. The zero-order chi connectivity index (χ0) is 18.5. The van der Waals surface area contributed by atoms with Gasteiger partial charge in [0.15, 0.2) is 0 Å². The number of benzene rings is 1. The largest absolute Gasteiger partial charge is 0.486 e. The van der Waals surface area contributed by atoms with Gasteiger partial charge in [-0.1, -0.05) is 12.1 Å². The van der Waals surface area contributed by atoms with Gasteiger partial charge < -0.3 is 25.6 Å². The lowest BCUT2D eigenvalue weighted by molar-refractivity contribution is -0.124. The van der Waals surface area contributed by atoms with E-state index in [9.17, 15) is 4.79 Å². The molecule has 1 aromatic heterocycles. The number of aryl methyl sites for hydroxylation is 1. The number of hydrogen-bond donors (Lipinski definition) is 3. The second-order valence-corrected chi connectivity index (χ2v) is 6.36. The third kappa shape index (κ3) is 4.53. The van der Waals surface area contributed by atoms with E-state index in [4.69, 9.17) is 20.3 Å². The minimum absolute atomic E-state index is 0.0124. The average molecular weight is 360 g/mol. The molecule has 140 valence electrons. The van der Waals surface area contributed by atoms with Gasteiger partial charge in [-0.3, -0.25) is 4.79 Å². The highest BCUT2D eigenvalue weighted by Gasteiger charge is 2.29. The zero-order valence-electron chi connectivity index (χ0n) is 14.7. The van der Waals surface area contributed by atoms with Gasteiger partial charge in [0, 0.05) is 12.7 Å². The van der Waals surface area contributed by atoms with Crippen molar-refractivity contribution in [1.82, 2.24) is 15.1 Å². The van der Waals surface area contributed by atoms with Crippen molar-refractivity contribution in [2.24, 2.45) is 0 Å². The van der Waals surface area contributed by atoms with E-state index in [0.717, 1.165) is 11.3 Å². The van der Waals surface area contributed by atoms with Gasteiger partial charge in [0.05, 0.1) is 24.9 Å². The van der Waals surface area contributed by atoms with Gasteiger partial charge in [0.1, 0.15) is 24.2 Å². The number of amides is 1. The summed E-state index contributed by atoms with van der Waals surface area (Å²) >= 11 is 0. The summed E-state index contributed by atoms with van der Waals surface area (Å²) in [4.78, 5) is 12.4. The summed E-state index contributed by atoms with van der Waals surface area (Å²) in [5.41, 5.74) is 7.42. The molecule has 2 heterocycles. The van der Waals surface area contributed by atoms with E-state index in [2.05, 4.69) is 10.4 Å². The van der Waals surface area contributed by atoms with E-state index >= 15 is 0 Å². The van der Waals surface area contributed by atoms with E-state index < -0.39 is 0 Å². The van der Waals surface area contributed by atoms with Crippen LogP contribution >= 0.6 is 0 Å². The molecule has 26 heavy (non-hydrogen) atoms. The van der Waals surface area contributed by atoms with Crippen LogP contribution < -0.4 is 15.8 Å². The smallest absolute Gasteiger partial charge is 0.242 e. The first kappa shape index (κ1) is 18.2. The topological polar surface area (TPSA) is 112 Å². The lowest BCUT2D eigenvalue weighted by Gasteiger charge is -2.32. The van der Waals surface area contributed by atoms with Crippen molar-refractivity contribution in [3.05, 3.63) is 41.6 Å². The van der Waals surface area contributed by atoms with Crippen molar-refractivity contribution >= 4 is 11.7 Å². The van der Waals surface area contributed by atoms with Gasteiger partial charge in [0.2, 0.25) is 5.91 Å². The molecule has 8 heteroatoms. The molecule has 1 aliphatic rings. The molecule has 2 aromatic rings. The van der Waals surface area contributed by atoms with E-state index in [1.807, 2.05) is 6.92 Å². The van der Waals surface area contributed by atoms with Crippen molar-refractivity contribution in [2.75, 3.05) is 18.9 Å². The molecule has 0 spiro atoms. The quantitative estimate of drug-likeness (QED) is 0.696. The summed E-state index contributed by atoms with van der Waals surface area (Å²) in [5, 5.41) is 16.3. The molecule has 1 fully saturated rings. The molecule has 1 aliphatic heterocycles. The fourth-order valence-corrected chi connectivity index (χ4v) is 2.92. The number of hydrogen-bond acceptors (Lipinski definition) is 6. The van der Waals surface area contributed by atoms with Crippen LogP contribution in [-0.4, -0.2) is 46.2 Å². The van der Waals surface area contributed by atoms with Gasteiger partial charge in [-0.05, 0) is 31.0 Å². The van der Waals surface area contributed by atoms with E-state index in [0.29, 0.717) is 31.2 Å². The third-order valence-corrected chi connectivity index (χ3v) is 4.27. The Hall–Kier alpha value is -2.58. The van der Waals surface area contributed by atoms with Crippen LogP contribution in [0.3, 0.4) is 0 Å². The number of carbonyl (C=O) groups is 1. The maximum absolute atomic E-state index is 12.4. The Bertz CT molecular complexity index is 744. The van der Waals surface area contributed by atoms with Crippen LogP contribution in [0.2, 0.25) is 0 Å². The van der Waals surface area contributed by atoms with Crippen LogP contribution in [-0.2, 0) is 22.7 Å². The summed E-state index contributed by atoms with van der Waals surface area (Å²) in [6, 6.07) is 8.76. The Morgan fingerprint density at radius 1 is 1.46 bits per heavy atom. The van der Waals surface area contributed by atoms with Crippen molar-refractivity contribution in [3.8, 4) is 5.75 Å². The summed E-state index contributed by atoms with van der Waals surface area (Å²) in [5.74, 6) is 0.959. The molecule has 0 bridgehead atoms. The maximum atomic E-state index is 12.4. The number of nitrogens with two attached hydrogens (primary N) is 1. The lowest BCUT2D eigenvalue weighted by Crippen LogP contribution is -2.52. The number of aromatic nitrogens is 2. The Balaban J connectivity index is 1.60. The predicted octanol–water partition coefficient (Wildman–Crippen LogP) is 0.619. The first-order valence-electron chi connectivity index (χ1n) is 8.58. The molecular weight excluding hydrogens is 336 g/mol. The van der Waals surface area contributed by atoms with Crippen molar-refractivity contribution in [2.45, 2.75) is 38.6 Å². The Morgan fingerprint density at radius 2 is 2.23 bits per heavy atom. The maximum Gasteiger partial charge on any atom is 0.242 e. The van der Waals surface area contributed by atoms with Crippen LogP contribution in [0.1, 0.15) is 17.7 Å². The number of aliphatic hydroxyl groups excluding tert-OH is 1. The second kappa shape index (κ2) is 8.20. The number of carbonyl (C=O) groups excluding carboxylic acids is 1. The standard InChI is InChI=1S/C18H24N4O4/c1-12-8-17(19)22(21-12)9-18(24)20-15-6-7-25-11-16(15)26-14-4-2-13(10-23)3-5-14/h2-5,8,15-16,23H,6-7,9-11,19H2,1H3,(H,20,24)/t15-,16-/m1/s1. The Kier molecular flexibility index (Phi) is 5.75. The van der Waals surface area contributed by atoms with Crippen LogP contribution in [0, 0.1) is 6.92 Å². The molecule has 2 atom stereocenters. The van der Waals surface area contributed by atoms with Gasteiger partial charge >= 0.3 is 0 Å². The molecule has 8 nitrogen and oxygen atoms in total. The molecule has 0 unspecified atom stereocenters. The van der Waals surface area contributed by atoms with Crippen LogP contribution in [0.25, 0.3) is 0 Å². The first-order valence-corrected chi connectivity index (χ1v) is 8.58. The van der Waals surface area contributed by atoms with Crippen LogP contribution in [0.15, 0.2) is 30.3 Å². The van der Waals surface area contributed by atoms with Crippen LogP contribution in [0.5, 0.6) is 5.75 Å². The monoisotopic (exact) mass is 360 g/mol. The number of ether oxygens (including phenoxy) is 2. The fraction of sp³-hybridized carbons (Fsp3) is 0.444. The molecule has 1 aromatic carbocycles. The lowest BCUT2D eigenvalue weighted by atomic mass is 10.1. The molecular formula is C18H24N4O4. The van der Waals surface area contributed by atoms with Gasteiger partial charge in [-0.2, -0.15) is 5.10 Å². The molecule has 1 amide bonds. The van der Waals surface area contributed by atoms with Gasteiger partial charge in [-0.25, -0.2) is 4.68 Å². The highest BCUT2D eigenvalue weighted by atomic mass is 16.5.